The maximum absolute atomic E-state index is 13.8. The van der Waals surface area contributed by atoms with E-state index in [9.17, 15) is 4.39 Å². The molecule has 3 N–H and O–H groups in total. The van der Waals surface area contributed by atoms with Gasteiger partial charge >= 0.3 is 0 Å². The van der Waals surface area contributed by atoms with Crippen LogP contribution in [0.3, 0.4) is 0 Å². The summed E-state index contributed by atoms with van der Waals surface area (Å²) in [6, 6.07) is 15.1. The number of hydrogen-bond acceptors (Lipinski definition) is 2. The Kier molecular flexibility index (Phi) is 4.31. The highest BCUT2D eigenvalue weighted by atomic mass is 19.1. The number of halogens is 1. The van der Waals surface area contributed by atoms with E-state index < -0.39 is 0 Å². The number of nitrogens with one attached hydrogen (secondary N) is 1. The lowest BCUT2D eigenvalue weighted by Crippen LogP contribution is -2.05. The van der Waals surface area contributed by atoms with Crippen LogP contribution in [0.1, 0.15) is 11.1 Å². The first kappa shape index (κ1) is 12.6. The minimum Gasteiger partial charge on any atom is -0.379 e. The van der Waals surface area contributed by atoms with Crippen molar-refractivity contribution >= 4 is 5.69 Å². The molecule has 0 fully saturated rings. The SMILES string of the molecule is NCCc1ccc(NCc2ccccc2)c(F)c1. The molecule has 2 rings (SSSR count). The Morgan fingerprint density at radius 3 is 2.44 bits per heavy atom. The van der Waals surface area contributed by atoms with E-state index >= 15 is 0 Å². The van der Waals surface area contributed by atoms with Gasteiger partial charge in [-0.3, -0.25) is 0 Å². The zero-order valence-electron chi connectivity index (χ0n) is 10.2. The van der Waals surface area contributed by atoms with Crippen LogP contribution in [0, 0.1) is 5.82 Å². The lowest BCUT2D eigenvalue weighted by Gasteiger charge is -2.09. The number of rotatable bonds is 5. The van der Waals surface area contributed by atoms with Gasteiger partial charge in [0.1, 0.15) is 5.82 Å². The standard InChI is InChI=1S/C15H17FN2/c16-14-10-12(8-9-17)6-7-15(14)18-11-13-4-2-1-3-5-13/h1-7,10,18H,8-9,11,17H2. The normalized spacial score (nSPS) is 10.3. The van der Waals surface area contributed by atoms with Gasteiger partial charge in [0.15, 0.2) is 0 Å². The Balaban J connectivity index is 2.01. The molecule has 0 aliphatic rings. The summed E-state index contributed by atoms with van der Waals surface area (Å²) in [5, 5.41) is 3.09. The molecule has 0 aromatic heterocycles. The maximum Gasteiger partial charge on any atom is 0.146 e. The lowest BCUT2D eigenvalue weighted by molar-refractivity contribution is 0.627. The van der Waals surface area contributed by atoms with E-state index in [-0.39, 0.29) is 5.82 Å². The average molecular weight is 244 g/mol. The van der Waals surface area contributed by atoms with Crippen LogP contribution >= 0.6 is 0 Å². The van der Waals surface area contributed by atoms with Gasteiger partial charge in [-0.25, -0.2) is 4.39 Å². The second-order valence-corrected chi connectivity index (χ2v) is 4.19. The second kappa shape index (κ2) is 6.17. The zero-order valence-corrected chi connectivity index (χ0v) is 10.2. The van der Waals surface area contributed by atoms with Gasteiger partial charge < -0.3 is 11.1 Å². The number of nitrogens with two attached hydrogens (primary N) is 1. The summed E-state index contributed by atoms with van der Waals surface area (Å²) >= 11 is 0. The van der Waals surface area contributed by atoms with Crippen molar-refractivity contribution in [3.05, 3.63) is 65.5 Å². The molecule has 94 valence electrons. The van der Waals surface area contributed by atoms with Gasteiger partial charge in [-0.2, -0.15) is 0 Å². The van der Waals surface area contributed by atoms with E-state index in [1.807, 2.05) is 36.4 Å². The molecule has 0 aliphatic carbocycles. The van der Waals surface area contributed by atoms with Crippen molar-refractivity contribution in [2.24, 2.45) is 5.73 Å². The Bertz CT molecular complexity index is 497. The predicted octanol–water partition coefficient (Wildman–Crippen LogP) is 2.94. The Morgan fingerprint density at radius 1 is 1.00 bits per heavy atom. The van der Waals surface area contributed by atoms with Crippen LogP contribution < -0.4 is 11.1 Å². The van der Waals surface area contributed by atoms with E-state index in [1.54, 1.807) is 12.1 Å². The molecule has 0 bridgehead atoms. The molecular weight excluding hydrogens is 227 g/mol. The minimum absolute atomic E-state index is 0.225. The Morgan fingerprint density at radius 2 is 1.78 bits per heavy atom. The van der Waals surface area contributed by atoms with Gasteiger partial charge in [0.25, 0.3) is 0 Å². The largest absolute Gasteiger partial charge is 0.379 e. The molecule has 0 amide bonds. The van der Waals surface area contributed by atoms with Gasteiger partial charge in [0.05, 0.1) is 5.69 Å². The van der Waals surface area contributed by atoms with Crippen LogP contribution in [0.25, 0.3) is 0 Å². The molecule has 0 radical (unpaired) electrons. The Labute approximate surface area is 107 Å². The van der Waals surface area contributed by atoms with Crippen LogP contribution in [-0.4, -0.2) is 6.54 Å². The molecule has 2 aromatic rings. The third kappa shape index (κ3) is 3.31. The first-order chi connectivity index (χ1) is 8.79. The average Bonchev–Trinajstić information content (AvgIpc) is 2.39. The molecule has 2 aromatic carbocycles. The van der Waals surface area contributed by atoms with Crippen molar-refractivity contribution in [1.82, 2.24) is 0 Å². The first-order valence-corrected chi connectivity index (χ1v) is 6.06. The second-order valence-electron chi connectivity index (χ2n) is 4.19. The molecule has 0 saturated heterocycles. The number of hydrogen-bond donors (Lipinski definition) is 2. The maximum atomic E-state index is 13.8. The highest BCUT2D eigenvalue weighted by Gasteiger charge is 2.03. The fourth-order valence-corrected chi connectivity index (χ4v) is 1.82. The predicted molar refractivity (Wildman–Crippen MR) is 72.9 cm³/mol. The Hall–Kier alpha value is -1.87. The zero-order chi connectivity index (χ0) is 12.8. The van der Waals surface area contributed by atoms with Crippen molar-refractivity contribution in [1.29, 1.82) is 0 Å². The van der Waals surface area contributed by atoms with Crippen LogP contribution in [0.2, 0.25) is 0 Å². The van der Waals surface area contributed by atoms with Crippen LogP contribution in [0.5, 0.6) is 0 Å². The molecule has 3 heteroatoms. The van der Waals surface area contributed by atoms with E-state index in [1.165, 1.54) is 0 Å². The fraction of sp³-hybridized carbons (Fsp3) is 0.200. The lowest BCUT2D eigenvalue weighted by atomic mass is 10.1. The fourth-order valence-electron chi connectivity index (χ4n) is 1.82. The molecular formula is C15H17FN2. The van der Waals surface area contributed by atoms with E-state index in [0.717, 1.165) is 11.1 Å². The molecule has 0 aliphatic heterocycles. The molecule has 18 heavy (non-hydrogen) atoms. The van der Waals surface area contributed by atoms with E-state index in [4.69, 9.17) is 5.73 Å². The third-order valence-corrected chi connectivity index (χ3v) is 2.79. The quantitative estimate of drug-likeness (QED) is 0.848. The molecule has 2 nitrogen and oxygen atoms in total. The van der Waals surface area contributed by atoms with Crippen molar-refractivity contribution < 1.29 is 4.39 Å². The summed E-state index contributed by atoms with van der Waals surface area (Å²) in [7, 11) is 0. The molecule has 0 spiro atoms. The highest BCUT2D eigenvalue weighted by Crippen LogP contribution is 2.17. The molecule has 0 unspecified atom stereocenters. The van der Waals surface area contributed by atoms with Crippen LogP contribution in [0.4, 0.5) is 10.1 Å². The summed E-state index contributed by atoms with van der Waals surface area (Å²) in [6.45, 7) is 1.16. The molecule has 0 heterocycles. The van der Waals surface area contributed by atoms with E-state index in [0.29, 0.717) is 25.2 Å². The summed E-state index contributed by atoms with van der Waals surface area (Å²) < 4.78 is 13.8. The monoisotopic (exact) mass is 244 g/mol. The highest BCUT2D eigenvalue weighted by molar-refractivity contribution is 5.46. The number of benzene rings is 2. The van der Waals surface area contributed by atoms with Gasteiger partial charge in [-0.1, -0.05) is 36.4 Å². The van der Waals surface area contributed by atoms with Gasteiger partial charge in [0.2, 0.25) is 0 Å². The third-order valence-electron chi connectivity index (χ3n) is 2.79. The topological polar surface area (TPSA) is 38.0 Å². The summed E-state index contributed by atoms with van der Waals surface area (Å²) in [4.78, 5) is 0. The van der Waals surface area contributed by atoms with E-state index in [2.05, 4.69) is 5.32 Å². The van der Waals surface area contributed by atoms with Crippen molar-refractivity contribution in [3.63, 3.8) is 0 Å². The van der Waals surface area contributed by atoms with Gasteiger partial charge in [-0.15, -0.1) is 0 Å². The summed E-state index contributed by atoms with van der Waals surface area (Å²) in [5.74, 6) is -0.225. The van der Waals surface area contributed by atoms with Crippen molar-refractivity contribution in [2.75, 3.05) is 11.9 Å². The van der Waals surface area contributed by atoms with Crippen molar-refractivity contribution in [2.45, 2.75) is 13.0 Å². The smallest absolute Gasteiger partial charge is 0.146 e. The minimum atomic E-state index is -0.225. The first-order valence-electron chi connectivity index (χ1n) is 6.06. The molecule has 0 saturated carbocycles. The van der Waals surface area contributed by atoms with Crippen LogP contribution in [0.15, 0.2) is 48.5 Å². The number of anilines is 1. The van der Waals surface area contributed by atoms with Crippen LogP contribution in [-0.2, 0) is 13.0 Å². The van der Waals surface area contributed by atoms with Gasteiger partial charge in [0, 0.05) is 6.54 Å². The van der Waals surface area contributed by atoms with Crippen molar-refractivity contribution in [3.8, 4) is 0 Å². The summed E-state index contributed by atoms with van der Waals surface area (Å²) in [6.07, 6.45) is 0.704. The van der Waals surface area contributed by atoms with Gasteiger partial charge in [-0.05, 0) is 36.2 Å². The molecule has 0 atom stereocenters. The summed E-state index contributed by atoms with van der Waals surface area (Å²) in [5.41, 5.74) is 8.03.